The lowest BCUT2D eigenvalue weighted by Crippen LogP contribution is -2.36. The van der Waals surface area contributed by atoms with Gasteiger partial charge in [-0.15, -0.1) is 0 Å². The van der Waals surface area contributed by atoms with Gasteiger partial charge in [-0.1, -0.05) is 19.3 Å². The molecule has 5 rings (SSSR count). The molecule has 11 heteroatoms. The van der Waals surface area contributed by atoms with Crippen LogP contribution in [-0.4, -0.2) is 68.0 Å². The number of nitrogens with zero attached hydrogens (tertiary/aromatic N) is 4. The van der Waals surface area contributed by atoms with Gasteiger partial charge in [0, 0.05) is 24.5 Å². The molecule has 5 unspecified atom stereocenters. The fourth-order valence-electron chi connectivity index (χ4n) is 4.95. The minimum absolute atomic E-state index is 0.0132. The zero-order valence-electron chi connectivity index (χ0n) is 17.6. The van der Waals surface area contributed by atoms with Crippen LogP contribution >= 0.6 is 11.8 Å². The first-order valence-corrected chi connectivity index (χ1v) is 12.0. The van der Waals surface area contributed by atoms with Crippen LogP contribution in [0, 0.1) is 0 Å². The van der Waals surface area contributed by atoms with Crippen LogP contribution in [0.1, 0.15) is 44.8 Å². The number of aromatic nitrogens is 4. The van der Waals surface area contributed by atoms with Crippen molar-refractivity contribution in [1.29, 1.82) is 0 Å². The summed E-state index contributed by atoms with van der Waals surface area (Å²) >= 11 is 1.98. The zero-order chi connectivity index (χ0) is 21.4. The number of amides is 2. The highest BCUT2D eigenvalue weighted by molar-refractivity contribution is 8.00. The number of ether oxygens (including phenoxy) is 2. The van der Waals surface area contributed by atoms with Crippen LogP contribution in [0.3, 0.4) is 0 Å². The zero-order valence-corrected chi connectivity index (χ0v) is 18.4. The molecule has 168 valence electrons. The van der Waals surface area contributed by atoms with E-state index in [-0.39, 0.29) is 24.5 Å². The number of rotatable bonds is 8. The minimum atomic E-state index is -0.264. The van der Waals surface area contributed by atoms with Gasteiger partial charge >= 0.3 is 6.03 Å². The van der Waals surface area contributed by atoms with Crippen molar-refractivity contribution in [2.24, 2.45) is 0 Å². The molecule has 2 amide bonds. The molecule has 31 heavy (non-hydrogen) atoms. The molecule has 0 spiro atoms. The lowest BCUT2D eigenvalue weighted by molar-refractivity contribution is -0.0494. The number of hydrogen-bond donors (Lipinski definition) is 3. The standard InChI is InChI=1S/C20H29N7O3S/c1-29-13-7-11(30-19(13)27-10-24-16-17(21)22-9-23-18(16)27)5-3-2-4-6-14-15-12(8-31-14)25-20(28)26-15/h9-15,19H,2-8H2,1H3,(H2,21,22,23)(H2,25,26,28)/t11?,12?,13?,14-,15?,19?/m0/s1. The first-order valence-electron chi connectivity index (χ1n) is 10.9. The van der Waals surface area contributed by atoms with E-state index in [0.29, 0.717) is 34.3 Å². The fraction of sp³-hybridized carbons (Fsp3) is 0.700. The van der Waals surface area contributed by atoms with Gasteiger partial charge in [0.15, 0.2) is 17.7 Å². The van der Waals surface area contributed by atoms with Crippen molar-refractivity contribution in [1.82, 2.24) is 30.2 Å². The van der Waals surface area contributed by atoms with Gasteiger partial charge in [0.1, 0.15) is 17.9 Å². The maximum absolute atomic E-state index is 11.5. The number of hydrogen-bond acceptors (Lipinski definition) is 8. The average molecular weight is 448 g/mol. The summed E-state index contributed by atoms with van der Waals surface area (Å²) in [4.78, 5) is 24.2. The lowest BCUT2D eigenvalue weighted by atomic mass is 10.0. The number of carbonyl (C=O) groups excluding carboxylic acids is 1. The highest BCUT2D eigenvalue weighted by Gasteiger charge is 2.42. The molecule has 0 aliphatic carbocycles. The number of urea groups is 1. The van der Waals surface area contributed by atoms with E-state index >= 15 is 0 Å². The summed E-state index contributed by atoms with van der Waals surface area (Å²) in [6.45, 7) is 0. The smallest absolute Gasteiger partial charge is 0.315 e. The summed E-state index contributed by atoms with van der Waals surface area (Å²) in [5, 5.41) is 6.60. The van der Waals surface area contributed by atoms with Crippen molar-refractivity contribution < 1.29 is 14.3 Å². The summed E-state index contributed by atoms with van der Waals surface area (Å²) in [5.41, 5.74) is 7.17. The summed E-state index contributed by atoms with van der Waals surface area (Å²) in [7, 11) is 1.72. The van der Waals surface area contributed by atoms with Gasteiger partial charge in [-0.2, -0.15) is 11.8 Å². The number of imidazole rings is 1. The molecule has 0 saturated carbocycles. The van der Waals surface area contributed by atoms with E-state index in [1.807, 2.05) is 16.3 Å². The first kappa shape index (κ1) is 20.8. The van der Waals surface area contributed by atoms with Crippen LogP contribution in [0.5, 0.6) is 0 Å². The number of anilines is 1. The molecule has 2 aromatic heterocycles. The Kier molecular flexibility index (Phi) is 5.89. The number of nitrogens with two attached hydrogens (primary N) is 1. The summed E-state index contributed by atoms with van der Waals surface area (Å²) < 4.78 is 14.0. The summed E-state index contributed by atoms with van der Waals surface area (Å²) in [6, 6.07) is 0.583. The Morgan fingerprint density at radius 1 is 1.26 bits per heavy atom. The van der Waals surface area contributed by atoms with Crippen molar-refractivity contribution in [3.63, 3.8) is 0 Å². The lowest BCUT2D eigenvalue weighted by Gasteiger charge is -2.19. The summed E-state index contributed by atoms with van der Waals surface area (Å²) in [6.07, 6.45) is 9.43. The van der Waals surface area contributed by atoms with E-state index in [0.717, 1.165) is 37.9 Å². The van der Waals surface area contributed by atoms with Crippen molar-refractivity contribution in [2.45, 2.75) is 74.3 Å². The number of unbranched alkanes of at least 4 members (excludes halogenated alkanes) is 2. The average Bonchev–Trinajstić information content (AvgIpc) is 3.51. The Morgan fingerprint density at radius 3 is 3.00 bits per heavy atom. The number of nitrogen functional groups attached to an aromatic ring is 1. The maximum Gasteiger partial charge on any atom is 0.315 e. The Morgan fingerprint density at radius 2 is 2.13 bits per heavy atom. The highest BCUT2D eigenvalue weighted by Crippen LogP contribution is 2.36. The fourth-order valence-corrected chi connectivity index (χ4v) is 6.50. The van der Waals surface area contributed by atoms with Crippen LogP contribution in [0.2, 0.25) is 0 Å². The second kappa shape index (κ2) is 8.79. The quantitative estimate of drug-likeness (QED) is 0.413. The van der Waals surface area contributed by atoms with E-state index in [4.69, 9.17) is 15.2 Å². The van der Waals surface area contributed by atoms with E-state index in [9.17, 15) is 4.79 Å². The predicted molar refractivity (Wildman–Crippen MR) is 118 cm³/mol. The largest absolute Gasteiger partial charge is 0.382 e. The molecule has 6 atom stereocenters. The van der Waals surface area contributed by atoms with Gasteiger partial charge in [-0.05, 0) is 12.8 Å². The van der Waals surface area contributed by atoms with Crippen molar-refractivity contribution in [2.75, 3.05) is 18.6 Å². The van der Waals surface area contributed by atoms with E-state index in [1.165, 1.54) is 12.7 Å². The van der Waals surface area contributed by atoms with Gasteiger partial charge in [-0.3, -0.25) is 4.57 Å². The molecular formula is C20H29N7O3S. The number of fused-ring (bicyclic) bond motifs is 2. The topological polar surface area (TPSA) is 129 Å². The molecule has 3 aliphatic rings. The van der Waals surface area contributed by atoms with Gasteiger partial charge in [0.2, 0.25) is 0 Å². The van der Waals surface area contributed by atoms with Gasteiger partial charge < -0.3 is 25.8 Å². The van der Waals surface area contributed by atoms with Crippen LogP contribution in [0.15, 0.2) is 12.7 Å². The number of carbonyl (C=O) groups is 1. The number of thioether (sulfide) groups is 1. The Bertz CT molecular complexity index is 941. The van der Waals surface area contributed by atoms with Gasteiger partial charge in [-0.25, -0.2) is 19.7 Å². The van der Waals surface area contributed by atoms with Crippen molar-refractivity contribution in [3.05, 3.63) is 12.7 Å². The Labute approximate surface area is 185 Å². The molecule has 2 aromatic rings. The van der Waals surface area contributed by atoms with Crippen LogP contribution in [0.4, 0.5) is 10.6 Å². The normalized spacial score (nSPS) is 32.4. The molecule has 10 nitrogen and oxygen atoms in total. The third kappa shape index (κ3) is 4.06. The minimum Gasteiger partial charge on any atom is -0.382 e. The van der Waals surface area contributed by atoms with E-state index < -0.39 is 0 Å². The Hall–Kier alpha value is -2.11. The van der Waals surface area contributed by atoms with Crippen molar-refractivity contribution in [3.8, 4) is 0 Å². The van der Waals surface area contributed by atoms with E-state index in [2.05, 4.69) is 25.6 Å². The molecule has 0 radical (unpaired) electrons. The van der Waals surface area contributed by atoms with Crippen LogP contribution in [0.25, 0.3) is 11.2 Å². The van der Waals surface area contributed by atoms with Crippen molar-refractivity contribution >= 4 is 34.8 Å². The molecule has 0 aromatic carbocycles. The summed E-state index contributed by atoms with van der Waals surface area (Å²) in [5.74, 6) is 1.38. The predicted octanol–water partition coefficient (Wildman–Crippen LogP) is 1.83. The van der Waals surface area contributed by atoms with Gasteiger partial charge in [0.25, 0.3) is 0 Å². The second-order valence-corrected chi connectivity index (χ2v) is 9.77. The molecule has 3 aliphatic heterocycles. The van der Waals surface area contributed by atoms with Crippen LogP contribution in [-0.2, 0) is 9.47 Å². The van der Waals surface area contributed by atoms with Gasteiger partial charge in [0.05, 0.1) is 24.5 Å². The molecule has 0 bridgehead atoms. The molecule has 4 N–H and O–H groups in total. The number of methoxy groups -OCH3 is 1. The first-order chi connectivity index (χ1) is 15.1. The van der Waals surface area contributed by atoms with Crippen LogP contribution < -0.4 is 16.4 Å². The third-order valence-corrected chi connectivity index (χ3v) is 8.07. The maximum atomic E-state index is 11.5. The SMILES string of the molecule is COC1CC(CCCCC[C@@H]2SCC3NC(=O)NC32)OC1n1cnc2c(N)ncnc21. The second-order valence-electron chi connectivity index (χ2n) is 8.50. The molecular weight excluding hydrogens is 418 g/mol. The number of nitrogens with one attached hydrogen (secondary N) is 2. The third-order valence-electron chi connectivity index (χ3n) is 6.56. The Balaban J connectivity index is 1.10. The highest BCUT2D eigenvalue weighted by atomic mass is 32.2. The molecule has 3 fully saturated rings. The monoisotopic (exact) mass is 447 g/mol. The van der Waals surface area contributed by atoms with E-state index in [1.54, 1.807) is 13.4 Å². The molecule has 3 saturated heterocycles. The molecule has 5 heterocycles.